The maximum atomic E-state index is 14.2. The van der Waals surface area contributed by atoms with Crippen LogP contribution in [0.1, 0.15) is 23.6 Å². The number of hydrogen-bond donors (Lipinski definition) is 4. The first kappa shape index (κ1) is 19.5. The molecule has 1 saturated carbocycles. The summed E-state index contributed by atoms with van der Waals surface area (Å²) in [5.41, 5.74) is 7.78. The monoisotopic (exact) mass is 433 g/mol. The molecule has 1 aliphatic heterocycles. The number of rotatable bonds is 3. The third-order valence-corrected chi connectivity index (χ3v) is 6.30. The molecule has 0 bridgehead atoms. The Kier molecular flexibility index (Phi) is 4.78. The van der Waals surface area contributed by atoms with E-state index < -0.39 is 24.4 Å². The lowest BCUT2D eigenvalue weighted by Gasteiger charge is -2.24. The van der Waals surface area contributed by atoms with Crippen molar-refractivity contribution in [1.82, 2.24) is 19.9 Å². The summed E-state index contributed by atoms with van der Waals surface area (Å²) >= 11 is 6.31. The third kappa shape index (κ3) is 3.01. The number of hydrogen-bond acceptors (Lipinski definition) is 7. The van der Waals surface area contributed by atoms with Crippen LogP contribution in [-0.4, -0.2) is 49.6 Å². The minimum atomic E-state index is -1.14. The molecule has 1 fully saturated rings. The molecule has 5 N–H and O–H groups in total. The van der Waals surface area contributed by atoms with Crippen LogP contribution in [0.5, 0.6) is 5.75 Å². The van der Waals surface area contributed by atoms with E-state index in [9.17, 15) is 14.6 Å². The molecule has 0 saturated heterocycles. The van der Waals surface area contributed by atoms with Crippen LogP contribution in [0.3, 0.4) is 0 Å². The molecule has 2 aromatic heterocycles. The molecule has 30 heavy (non-hydrogen) atoms. The van der Waals surface area contributed by atoms with Crippen molar-refractivity contribution in [3.63, 3.8) is 0 Å². The van der Waals surface area contributed by atoms with Crippen LogP contribution >= 0.6 is 11.6 Å². The molecule has 2 aliphatic rings. The fraction of sp³-hybridized carbons (Fsp3) is 0.400. The molecule has 0 amide bonds. The number of halogens is 2. The fourth-order valence-corrected chi connectivity index (χ4v) is 4.77. The van der Waals surface area contributed by atoms with Crippen LogP contribution in [0.25, 0.3) is 11.0 Å². The first-order valence-electron chi connectivity index (χ1n) is 9.76. The van der Waals surface area contributed by atoms with E-state index in [1.54, 1.807) is 16.8 Å². The maximum Gasteiger partial charge on any atom is 0.147 e. The SMILES string of the molecule is Nc1ncnc2c1c(Cl)cn2C1CC(Oc2ccc(F)c3c2CNCC3)[C@@H](O)[C@H]1O. The summed E-state index contributed by atoms with van der Waals surface area (Å²) in [6, 6.07) is 2.43. The number of nitrogens with one attached hydrogen (secondary N) is 1. The van der Waals surface area contributed by atoms with Gasteiger partial charge in [0.2, 0.25) is 0 Å². The van der Waals surface area contributed by atoms with E-state index in [2.05, 4.69) is 15.3 Å². The summed E-state index contributed by atoms with van der Waals surface area (Å²) in [5, 5.41) is 25.5. The van der Waals surface area contributed by atoms with Crippen molar-refractivity contribution >= 4 is 28.5 Å². The highest BCUT2D eigenvalue weighted by atomic mass is 35.5. The van der Waals surface area contributed by atoms with Crippen LogP contribution in [-0.2, 0) is 13.0 Å². The smallest absolute Gasteiger partial charge is 0.147 e. The number of nitrogens with zero attached hydrogens (tertiary/aromatic N) is 3. The van der Waals surface area contributed by atoms with Gasteiger partial charge in [-0.05, 0) is 30.7 Å². The average Bonchev–Trinajstić information content (AvgIpc) is 3.22. The molecular formula is C20H21ClFN5O3. The van der Waals surface area contributed by atoms with E-state index in [0.29, 0.717) is 53.3 Å². The molecule has 3 heterocycles. The van der Waals surface area contributed by atoms with Gasteiger partial charge in [0.25, 0.3) is 0 Å². The Labute approximate surface area is 176 Å². The maximum absolute atomic E-state index is 14.2. The first-order chi connectivity index (χ1) is 14.5. The molecular weight excluding hydrogens is 413 g/mol. The average molecular weight is 434 g/mol. The van der Waals surface area contributed by atoms with Crippen LogP contribution in [0, 0.1) is 5.82 Å². The second-order valence-corrected chi connectivity index (χ2v) is 8.12. The third-order valence-electron chi connectivity index (χ3n) is 6.01. The number of benzene rings is 1. The van der Waals surface area contributed by atoms with E-state index in [1.165, 1.54) is 12.4 Å². The number of ether oxygens (including phenoxy) is 1. The lowest BCUT2D eigenvalue weighted by molar-refractivity contribution is -0.0166. The van der Waals surface area contributed by atoms with Crippen molar-refractivity contribution in [2.45, 2.75) is 43.7 Å². The highest BCUT2D eigenvalue weighted by Gasteiger charge is 2.45. The number of aromatic nitrogens is 3. The number of aliphatic hydroxyl groups excluding tert-OH is 2. The summed E-state index contributed by atoms with van der Waals surface area (Å²) < 4.78 is 21.9. The molecule has 8 nitrogen and oxygen atoms in total. The zero-order valence-corrected chi connectivity index (χ0v) is 16.7. The van der Waals surface area contributed by atoms with Crippen molar-refractivity contribution in [3.8, 4) is 5.75 Å². The van der Waals surface area contributed by atoms with E-state index in [1.807, 2.05) is 0 Å². The van der Waals surface area contributed by atoms with Crippen molar-refractivity contribution in [2.75, 3.05) is 12.3 Å². The second kappa shape index (κ2) is 7.35. The van der Waals surface area contributed by atoms with Gasteiger partial charge in [-0.3, -0.25) is 0 Å². The molecule has 5 rings (SSSR count). The van der Waals surface area contributed by atoms with Crippen molar-refractivity contribution in [2.24, 2.45) is 0 Å². The Bertz CT molecular complexity index is 1120. The zero-order chi connectivity index (χ0) is 21.0. The normalized spacial score (nSPS) is 26.1. The number of fused-ring (bicyclic) bond motifs is 2. The van der Waals surface area contributed by atoms with E-state index >= 15 is 0 Å². The molecule has 10 heteroatoms. The number of nitrogen functional groups attached to an aromatic ring is 1. The lowest BCUT2D eigenvalue weighted by Crippen LogP contribution is -2.35. The second-order valence-electron chi connectivity index (χ2n) is 7.71. The van der Waals surface area contributed by atoms with Gasteiger partial charge in [0.1, 0.15) is 47.7 Å². The van der Waals surface area contributed by atoms with Gasteiger partial charge in [0, 0.05) is 24.7 Å². The zero-order valence-electron chi connectivity index (χ0n) is 15.9. The van der Waals surface area contributed by atoms with Gasteiger partial charge >= 0.3 is 0 Å². The number of aliphatic hydroxyl groups is 2. The lowest BCUT2D eigenvalue weighted by atomic mass is 9.99. The van der Waals surface area contributed by atoms with Crippen LogP contribution in [0.2, 0.25) is 5.02 Å². The Balaban J connectivity index is 1.46. The molecule has 0 spiro atoms. The highest BCUT2D eigenvalue weighted by molar-refractivity contribution is 6.36. The van der Waals surface area contributed by atoms with Gasteiger partial charge in [-0.1, -0.05) is 11.6 Å². The Hall–Kier alpha value is -2.46. The Morgan fingerprint density at radius 2 is 2.07 bits per heavy atom. The van der Waals surface area contributed by atoms with Gasteiger partial charge in [0.05, 0.1) is 16.5 Å². The minimum Gasteiger partial charge on any atom is -0.487 e. The summed E-state index contributed by atoms with van der Waals surface area (Å²) in [4.78, 5) is 8.20. The predicted octanol–water partition coefficient (Wildman–Crippen LogP) is 1.57. The van der Waals surface area contributed by atoms with Gasteiger partial charge < -0.3 is 30.6 Å². The van der Waals surface area contributed by atoms with Crippen LogP contribution < -0.4 is 15.8 Å². The van der Waals surface area contributed by atoms with Crippen molar-refractivity contribution in [1.29, 1.82) is 0 Å². The minimum absolute atomic E-state index is 0.245. The quantitative estimate of drug-likeness (QED) is 0.495. The molecule has 3 aromatic rings. The fourth-order valence-electron chi connectivity index (χ4n) is 4.48. The number of anilines is 1. The van der Waals surface area contributed by atoms with E-state index in [0.717, 1.165) is 5.56 Å². The van der Waals surface area contributed by atoms with E-state index in [-0.39, 0.29) is 11.6 Å². The highest BCUT2D eigenvalue weighted by Crippen LogP contribution is 2.39. The first-order valence-corrected chi connectivity index (χ1v) is 10.1. The molecule has 0 radical (unpaired) electrons. The van der Waals surface area contributed by atoms with E-state index in [4.69, 9.17) is 22.1 Å². The van der Waals surface area contributed by atoms with Gasteiger partial charge in [-0.2, -0.15) is 0 Å². The molecule has 1 aliphatic carbocycles. The predicted molar refractivity (Wildman–Crippen MR) is 109 cm³/mol. The summed E-state index contributed by atoms with van der Waals surface area (Å²) in [7, 11) is 0. The molecule has 4 atom stereocenters. The standard InChI is InChI=1S/C20H21ClFN5O3/c21-11-7-27(20-16(11)19(23)25-8-26-20)13-5-15(18(29)17(13)28)30-14-2-1-12(22)9-3-4-24-6-10(9)14/h1-2,7-8,13,15,17-18,24,28-29H,3-6H2,(H2,23,25,26)/t13?,15?,17-,18+/m0/s1. The van der Waals surface area contributed by atoms with Gasteiger partial charge in [-0.15, -0.1) is 0 Å². The number of nitrogens with two attached hydrogens (primary N) is 1. The van der Waals surface area contributed by atoms with Crippen LogP contribution in [0.15, 0.2) is 24.7 Å². The Morgan fingerprint density at radius 3 is 2.90 bits per heavy atom. The van der Waals surface area contributed by atoms with Crippen molar-refractivity contribution < 1.29 is 19.3 Å². The van der Waals surface area contributed by atoms with Crippen LogP contribution in [0.4, 0.5) is 10.2 Å². The largest absolute Gasteiger partial charge is 0.487 e. The van der Waals surface area contributed by atoms with Gasteiger partial charge in [0.15, 0.2) is 0 Å². The topological polar surface area (TPSA) is 118 Å². The van der Waals surface area contributed by atoms with Crippen molar-refractivity contribution in [3.05, 3.63) is 46.6 Å². The molecule has 1 aromatic carbocycles. The molecule has 158 valence electrons. The summed E-state index contributed by atoms with van der Waals surface area (Å²) in [5.74, 6) is 0.502. The Morgan fingerprint density at radius 1 is 1.23 bits per heavy atom. The van der Waals surface area contributed by atoms with Gasteiger partial charge in [-0.25, -0.2) is 14.4 Å². The molecule has 2 unspecified atom stereocenters. The summed E-state index contributed by atoms with van der Waals surface area (Å²) in [6.07, 6.45) is 0.919. The summed E-state index contributed by atoms with van der Waals surface area (Å²) in [6.45, 7) is 1.19.